The summed E-state index contributed by atoms with van der Waals surface area (Å²) in [5.74, 6) is 0.352. The van der Waals surface area contributed by atoms with Gasteiger partial charge in [0.1, 0.15) is 12.1 Å². The van der Waals surface area contributed by atoms with Crippen molar-refractivity contribution >= 4 is 40.1 Å². The van der Waals surface area contributed by atoms with E-state index in [0.717, 1.165) is 33.5 Å². The first-order valence-electron chi connectivity index (χ1n) is 13.9. The molecule has 5 rings (SSSR count). The number of amidine groups is 1. The third kappa shape index (κ3) is 7.43. The molecule has 45 heavy (non-hydrogen) atoms. The minimum atomic E-state index is -4.76. The van der Waals surface area contributed by atoms with Crippen LogP contribution in [0, 0.1) is 6.92 Å². The Balaban J connectivity index is 1.25. The monoisotopic (exact) mass is 634 g/mol. The van der Waals surface area contributed by atoms with Gasteiger partial charge in [0, 0.05) is 11.8 Å². The number of nitrogens with zero attached hydrogens (tertiary/aromatic N) is 5. The second-order valence-electron chi connectivity index (χ2n) is 10.5. The van der Waals surface area contributed by atoms with Crippen molar-refractivity contribution in [1.82, 2.24) is 20.1 Å². The number of carbonyl (C=O) groups excluding carboxylic acids is 2. The summed E-state index contributed by atoms with van der Waals surface area (Å²) in [6.45, 7) is 7.97. The molecular weight excluding hydrogens is 605 g/mol. The van der Waals surface area contributed by atoms with Crippen LogP contribution in [0.4, 0.5) is 23.7 Å². The van der Waals surface area contributed by atoms with Gasteiger partial charge in [-0.15, -0.1) is 18.3 Å². The maximum absolute atomic E-state index is 12.8. The molecule has 1 aliphatic heterocycles. The molecule has 4 aromatic rings. The normalized spacial score (nSPS) is 14.8. The molecule has 0 bridgehead atoms. The summed E-state index contributed by atoms with van der Waals surface area (Å²) < 4.78 is 42.6. The van der Waals surface area contributed by atoms with Gasteiger partial charge in [0.2, 0.25) is 5.91 Å². The lowest BCUT2D eigenvalue weighted by Crippen LogP contribution is -2.32. The van der Waals surface area contributed by atoms with Gasteiger partial charge >= 0.3 is 12.4 Å². The van der Waals surface area contributed by atoms with Crippen molar-refractivity contribution in [3.63, 3.8) is 0 Å². The van der Waals surface area contributed by atoms with Crippen molar-refractivity contribution in [2.75, 3.05) is 10.7 Å². The van der Waals surface area contributed by atoms with Gasteiger partial charge in [-0.25, -0.2) is 14.5 Å². The summed E-state index contributed by atoms with van der Waals surface area (Å²) >= 11 is 1.23. The fourth-order valence-electron chi connectivity index (χ4n) is 4.87. The number of ether oxygens (including phenoxy) is 1. The van der Waals surface area contributed by atoms with Crippen LogP contribution in [0.1, 0.15) is 43.4 Å². The first-order chi connectivity index (χ1) is 21.4. The van der Waals surface area contributed by atoms with E-state index in [0.29, 0.717) is 16.7 Å². The number of alkyl halides is 3. The number of amides is 3. The van der Waals surface area contributed by atoms with Crippen LogP contribution >= 0.6 is 11.8 Å². The number of rotatable bonds is 7. The molecule has 3 aromatic carbocycles. The molecule has 1 aliphatic rings. The molecule has 1 saturated heterocycles. The number of aryl methyl sites for hydroxylation is 1. The lowest BCUT2D eigenvalue weighted by Gasteiger charge is -2.23. The van der Waals surface area contributed by atoms with Gasteiger partial charge in [0.25, 0.3) is 0 Å². The van der Waals surface area contributed by atoms with E-state index in [1.807, 2.05) is 56.3 Å². The Kier molecular flexibility index (Phi) is 9.09. The highest BCUT2D eigenvalue weighted by atomic mass is 32.2. The second-order valence-corrected chi connectivity index (χ2v) is 11.4. The van der Waals surface area contributed by atoms with Crippen molar-refractivity contribution in [1.29, 1.82) is 0 Å². The zero-order valence-corrected chi connectivity index (χ0v) is 25.6. The van der Waals surface area contributed by atoms with Crippen LogP contribution in [-0.2, 0) is 4.79 Å². The summed E-state index contributed by atoms with van der Waals surface area (Å²) in [6.07, 6.45) is -1.75. The van der Waals surface area contributed by atoms with E-state index < -0.39 is 12.4 Å². The Hall–Kier alpha value is -4.91. The number of benzene rings is 3. The summed E-state index contributed by atoms with van der Waals surface area (Å²) in [5.41, 5.74) is 5.68. The molecule has 13 heteroatoms. The minimum absolute atomic E-state index is 0.126. The molecule has 0 unspecified atom stereocenters. The van der Waals surface area contributed by atoms with E-state index in [-0.39, 0.29) is 23.3 Å². The number of carbonyl (C=O) groups is 2. The van der Waals surface area contributed by atoms with E-state index in [9.17, 15) is 22.8 Å². The van der Waals surface area contributed by atoms with Crippen molar-refractivity contribution in [2.45, 2.75) is 40.0 Å². The van der Waals surface area contributed by atoms with Crippen LogP contribution < -0.4 is 15.0 Å². The number of thioether (sulfide) groups is 1. The lowest BCUT2D eigenvalue weighted by molar-refractivity contribution is -0.274. The number of allylic oxidation sites excluding steroid dienone is 1. The Bertz CT molecular complexity index is 1780. The predicted octanol–water partition coefficient (Wildman–Crippen LogP) is 7.47. The van der Waals surface area contributed by atoms with Gasteiger partial charge < -0.3 is 10.1 Å². The highest BCUT2D eigenvalue weighted by molar-refractivity contribution is 8.15. The number of aromatic nitrogens is 3. The third-order valence-corrected chi connectivity index (χ3v) is 7.84. The zero-order valence-electron chi connectivity index (χ0n) is 24.8. The zero-order chi connectivity index (χ0) is 32.3. The smallest absolute Gasteiger partial charge is 0.406 e. The molecule has 232 valence electrons. The molecule has 0 radical (unpaired) electrons. The van der Waals surface area contributed by atoms with E-state index >= 15 is 0 Å². The molecule has 9 nitrogen and oxygen atoms in total. The molecule has 2 heterocycles. The van der Waals surface area contributed by atoms with Crippen LogP contribution in [0.2, 0.25) is 0 Å². The van der Waals surface area contributed by atoms with Gasteiger partial charge in [-0.1, -0.05) is 62.0 Å². The summed E-state index contributed by atoms with van der Waals surface area (Å²) in [7, 11) is 0. The summed E-state index contributed by atoms with van der Waals surface area (Å²) in [5, 5.41) is 7.44. The number of urea groups is 1. The van der Waals surface area contributed by atoms with Crippen molar-refractivity contribution in [3.8, 4) is 22.8 Å². The van der Waals surface area contributed by atoms with Crippen molar-refractivity contribution in [2.24, 2.45) is 4.99 Å². The van der Waals surface area contributed by atoms with Gasteiger partial charge in [-0.2, -0.15) is 4.99 Å². The highest BCUT2D eigenvalue weighted by Gasteiger charge is 2.33. The lowest BCUT2D eigenvalue weighted by atomic mass is 9.95. The SMILES string of the molecule is C/C(=C\NC(=O)N=C1SCC(=O)N1c1cccc(C)c1C(C)C)c1ccc(-c2ncn(-c3ccc(OC(F)(F)F)cc3)n2)cc1. The largest absolute Gasteiger partial charge is 0.573 e. The number of hydrogen-bond donors (Lipinski definition) is 1. The van der Waals surface area contributed by atoms with Gasteiger partial charge in [-0.05, 0) is 72.4 Å². The first-order valence-corrected chi connectivity index (χ1v) is 14.9. The van der Waals surface area contributed by atoms with E-state index in [1.54, 1.807) is 6.20 Å². The number of nitrogens with one attached hydrogen (secondary N) is 1. The fraction of sp³-hybridized carbons (Fsp3) is 0.219. The van der Waals surface area contributed by atoms with E-state index in [2.05, 4.69) is 39.0 Å². The standard InChI is InChI=1S/C32H29F3N6O3S/c1-19(2)28-20(3)6-5-7-26(28)41-27(42)17-45-31(41)38-30(43)36-16-21(4)22-8-10-23(11-9-22)29-37-18-40(39-29)24-12-14-25(15-13-24)44-32(33,34)35/h5-16,18-19H,17H2,1-4H3,(H,36,43)/b21-16+,38-31?. The molecule has 0 spiro atoms. The molecule has 0 saturated carbocycles. The quantitative estimate of drug-likeness (QED) is 0.226. The molecule has 3 amide bonds. The van der Waals surface area contributed by atoms with Crippen LogP contribution in [0.25, 0.3) is 22.6 Å². The van der Waals surface area contributed by atoms with Gasteiger partial charge in [-0.3, -0.25) is 9.69 Å². The molecule has 1 N–H and O–H groups in total. The summed E-state index contributed by atoms with van der Waals surface area (Å²) in [6, 6.07) is 17.8. The summed E-state index contributed by atoms with van der Waals surface area (Å²) in [4.78, 5) is 35.6. The number of halogens is 3. The third-order valence-electron chi connectivity index (χ3n) is 6.92. The molecule has 0 aliphatic carbocycles. The maximum atomic E-state index is 12.8. The number of aliphatic imine (C=N–C) groups is 1. The van der Waals surface area contributed by atoms with Gasteiger partial charge in [0.05, 0.1) is 17.1 Å². The topological polar surface area (TPSA) is 102 Å². The molecule has 0 atom stereocenters. The van der Waals surface area contributed by atoms with Crippen LogP contribution in [0.15, 0.2) is 84.2 Å². The first kappa shape index (κ1) is 31.5. The van der Waals surface area contributed by atoms with Crippen LogP contribution in [-0.4, -0.2) is 44.0 Å². The minimum Gasteiger partial charge on any atom is -0.406 e. The Labute approximate surface area is 261 Å². The Morgan fingerprint density at radius 1 is 1.09 bits per heavy atom. The molecular formula is C32H29F3N6O3S. The van der Waals surface area contributed by atoms with E-state index in [4.69, 9.17) is 0 Å². The number of hydrogen-bond acceptors (Lipinski definition) is 6. The van der Waals surface area contributed by atoms with Crippen LogP contribution in [0.3, 0.4) is 0 Å². The van der Waals surface area contributed by atoms with Crippen LogP contribution in [0.5, 0.6) is 5.75 Å². The number of anilines is 1. The second kappa shape index (κ2) is 13.0. The molecule has 1 fully saturated rings. The maximum Gasteiger partial charge on any atom is 0.573 e. The Morgan fingerprint density at radius 2 is 1.80 bits per heavy atom. The highest BCUT2D eigenvalue weighted by Crippen LogP contribution is 2.35. The Morgan fingerprint density at radius 3 is 2.47 bits per heavy atom. The average Bonchev–Trinajstić information content (AvgIpc) is 3.62. The van der Waals surface area contributed by atoms with E-state index in [1.165, 1.54) is 51.9 Å². The average molecular weight is 635 g/mol. The van der Waals surface area contributed by atoms with Crippen molar-refractivity contribution < 1.29 is 27.5 Å². The fourth-order valence-corrected chi connectivity index (χ4v) is 5.73. The predicted molar refractivity (Wildman–Crippen MR) is 168 cm³/mol. The van der Waals surface area contributed by atoms with Crippen molar-refractivity contribution in [3.05, 3.63) is 95.9 Å². The molecule has 1 aromatic heterocycles. The van der Waals surface area contributed by atoms with Gasteiger partial charge in [0.15, 0.2) is 11.0 Å².